The summed E-state index contributed by atoms with van der Waals surface area (Å²) in [5, 5.41) is 7.93. The van der Waals surface area contributed by atoms with Gasteiger partial charge in [0, 0.05) is 44.4 Å². The van der Waals surface area contributed by atoms with Gasteiger partial charge in [-0.1, -0.05) is 91.0 Å². The van der Waals surface area contributed by atoms with Crippen molar-refractivity contribution in [3.63, 3.8) is 0 Å². The average molecular weight is 520 g/mol. The maximum atomic E-state index is 5.01. The van der Waals surface area contributed by atoms with Crippen molar-refractivity contribution in [3.8, 4) is 0 Å². The standard InChI is InChI=1S/C35H25N3S/c1-22-36-20-24(19-23-11-3-2-4-12-23)29(37-22)21-38-30-17-9-7-15-27(30)32-25-13-5-6-14-26(25)33-28-16-8-10-18-31(28)39-35(33)34(32)38/h2-18,20H,19,21H2,1H3. The van der Waals surface area contributed by atoms with Crippen LogP contribution in [0.3, 0.4) is 0 Å². The Labute approximate surface area is 230 Å². The van der Waals surface area contributed by atoms with Crippen LogP contribution in [0.15, 0.2) is 109 Å². The van der Waals surface area contributed by atoms with Crippen molar-refractivity contribution in [1.82, 2.24) is 14.5 Å². The number of nitrogens with zero attached hydrogens (tertiary/aromatic N) is 3. The van der Waals surface area contributed by atoms with E-state index in [2.05, 4.69) is 113 Å². The molecule has 0 saturated heterocycles. The number of hydrogen-bond acceptors (Lipinski definition) is 3. The SMILES string of the molecule is Cc1ncc(Cc2ccccc2)c(Cn2c3ccccc3c3c4ccccc4c4c5ccccc5sc4c32)n1. The van der Waals surface area contributed by atoms with Crippen LogP contribution in [-0.4, -0.2) is 14.5 Å². The van der Waals surface area contributed by atoms with Crippen LogP contribution in [0.25, 0.3) is 52.8 Å². The summed E-state index contributed by atoms with van der Waals surface area (Å²) in [6.07, 6.45) is 2.83. The molecule has 0 aliphatic rings. The summed E-state index contributed by atoms with van der Waals surface area (Å²) in [5.41, 5.74) is 6.06. The second-order valence-corrected chi connectivity index (χ2v) is 11.3. The smallest absolute Gasteiger partial charge is 0.125 e. The van der Waals surface area contributed by atoms with Gasteiger partial charge in [0.15, 0.2) is 0 Å². The Morgan fingerprint density at radius 1 is 0.692 bits per heavy atom. The highest BCUT2D eigenvalue weighted by molar-refractivity contribution is 7.27. The second-order valence-electron chi connectivity index (χ2n) is 10.2. The number of benzene rings is 5. The van der Waals surface area contributed by atoms with E-state index in [-0.39, 0.29) is 0 Å². The maximum absolute atomic E-state index is 5.01. The molecular weight excluding hydrogens is 494 g/mol. The summed E-state index contributed by atoms with van der Waals surface area (Å²) in [6, 6.07) is 37.2. The first-order valence-corrected chi connectivity index (χ1v) is 14.2. The monoisotopic (exact) mass is 519 g/mol. The number of thiophene rings is 1. The predicted octanol–water partition coefficient (Wildman–Crippen LogP) is 9.05. The highest BCUT2D eigenvalue weighted by atomic mass is 32.1. The van der Waals surface area contributed by atoms with Gasteiger partial charge in [0.1, 0.15) is 5.82 Å². The molecule has 0 N–H and O–H groups in total. The first-order valence-electron chi connectivity index (χ1n) is 13.3. The van der Waals surface area contributed by atoms with E-state index in [1.165, 1.54) is 63.9 Å². The third kappa shape index (κ3) is 3.49. The van der Waals surface area contributed by atoms with E-state index in [1.54, 1.807) is 0 Å². The van der Waals surface area contributed by atoms with E-state index in [9.17, 15) is 0 Å². The Morgan fingerprint density at radius 2 is 1.36 bits per heavy atom. The van der Waals surface area contributed by atoms with E-state index in [1.807, 2.05) is 24.5 Å². The Kier molecular flexibility index (Phi) is 5.04. The van der Waals surface area contributed by atoms with Crippen molar-refractivity contribution in [2.45, 2.75) is 19.9 Å². The van der Waals surface area contributed by atoms with E-state index in [0.29, 0.717) is 6.54 Å². The molecule has 186 valence electrons. The number of fused-ring (bicyclic) bond motifs is 10. The number of aryl methyl sites for hydroxylation is 1. The number of hydrogen-bond donors (Lipinski definition) is 0. The molecule has 4 heteroatoms. The third-order valence-corrected chi connectivity index (χ3v) is 9.04. The maximum Gasteiger partial charge on any atom is 0.125 e. The van der Waals surface area contributed by atoms with Crippen LogP contribution >= 0.6 is 11.3 Å². The van der Waals surface area contributed by atoms with E-state index in [4.69, 9.17) is 4.98 Å². The molecule has 0 bridgehead atoms. The van der Waals surface area contributed by atoms with Crippen molar-refractivity contribution in [1.29, 1.82) is 0 Å². The van der Waals surface area contributed by atoms with Crippen LogP contribution in [0.5, 0.6) is 0 Å². The third-order valence-electron chi connectivity index (χ3n) is 7.87. The summed E-state index contributed by atoms with van der Waals surface area (Å²) < 4.78 is 5.17. The fraction of sp³-hybridized carbons (Fsp3) is 0.0857. The van der Waals surface area contributed by atoms with Crippen molar-refractivity contribution in [2.75, 3.05) is 0 Å². The van der Waals surface area contributed by atoms with Gasteiger partial charge >= 0.3 is 0 Å². The van der Waals surface area contributed by atoms with Gasteiger partial charge in [0.05, 0.1) is 22.5 Å². The second kappa shape index (κ2) is 8.75. The minimum atomic E-state index is 0.692. The molecule has 0 spiro atoms. The van der Waals surface area contributed by atoms with Gasteiger partial charge in [0.2, 0.25) is 0 Å². The molecule has 39 heavy (non-hydrogen) atoms. The molecule has 0 aliphatic heterocycles. The first-order chi connectivity index (χ1) is 19.3. The van der Waals surface area contributed by atoms with Gasteiger partial charge in [-0.15, -0.1) is 11.3 Å². The van der Waals surface area contributed by atoms with Gasteiger partial charge in [0.25, 0.3) is 0 Å². The Balaban J connectivity index is 1.47. The molecule has 8 aromatic rings. The molecule has 0 fully saturated rings. The summed E-state index contributed by atoms with van der Waals surface area (Å²) >= 11 is 1.90. The zero-order valence-electron chi connectivity index (χ0n) is 21.6. The molecule has 0 radical (unpaired) electrons. The number of para-hydroxylation sites is 1. The van der Waals surface area contributed by atoms with Crippen LogP contribution in [0.2, 0.25) is 0 Å². The summed E-state index contributed by atoms with van der Waals surface area (Å²) in [4.78, 5) is 9.61. The largest absolute Gasteiger partial charge is 0.333 e. The fourth-order valence-corrected chi connectivity index (χ4v) is 7.44. The van der Waals surface area contributed by atoms with Gasteiger partial charge in [-0.3, -0.25) is 0 Å². The molecule has 0 saturated carbocycles. The Hall–Kier alpha value is -4.54. The van der Waals surface area contributed by atoms with E-state index >= 15 is 0 Å². The summed E-state index contributed by atoms with van der Waals surface area (Å²) in [5.74, 6) is 0.806. The molecule has 0 amide bonds. The minimum absolute atomic E-state index is 0.692. The van der Waals surface area contributed by atoms with E-state index < -0.39 is 0 Å². The molecule has 0 unspecified atom stereocenters. The normalized spacial score (nSPS) is 11.9. The van der Waals surface area contributed by atoms with Crippen molar-refractivity contribution in [2.24, 2.45) is 0 Å². The van der Waals surface area contributed by atoms with Gasteiger partial charge < -0.3 is 4.57 Å². The molecule has 3 nitrogen and oxygen atoms in total. The number of aromatic nitrogens is 3. The average Bonchev–Trinajstić information content (AvgIpc) is 3.52. The van der Waals surface area contributed by atoms with Crippen LogP contribution in [0.4, 0.5) is 0 Å². The molecule has 3 aromatic heterocycles. The first kappa shape index (κ1) is 22.4. The van der Waals surface area contributed by atoms with Crippen molar-refractivity contribution >= 4 is 64.1 Å². The van der Waals surface area contributed by atoms with Gasteiger partial charge in [-0.2, -0.15) is 0 Å². The van der Waals surface area contributed by atoms with Crippen LogP contribution < -0.4 is 0 Å². The van der Waals surface area contributed by atoms with Crippen molar-refractivity contribution < 1.29 is 0 Å². The fourth-order valence-electron chi connectivity index (χ4n) is 6.17. The molecule has 8 rings (SSSR count). The zero-order chi connectivity index (χ0) is 25.9. The lowest BCUT2D eigenvalue weighted by molar-refractivity contribution is 0.799. The van der Waals surface area contributed by atoms with Crippen molar-refractivity contribution in [3.05, 3.63) is 132 Å². The highest BCUT2D eigenvalue weighted by Gasteiger charge is 2.21. The molecule has 0 atom stereocenters. The molecular formula is C35H25N3S. The lowest BCUT2D eigenvalue weighted by atomic mass is 9.99. The lowest BCUT2D eigenvalue weighted by Crippen LogP contribution is -2.08. The van der Waals surface area contributed by atoms with Gasteiger partial charge in [-0.25, -0.2) is 9.97 Å². The quantitative estimate of drug-likeness (QED) is 0.232. The van der Waals surface area contributed by atoms with Crippen LogP contribution in [0, 0.1) is 6.92 Å². The molecule has 0 aliphatic carbocycles. The number of rotatable bonds is 4. The lowest BCUT2D eigenvalue weighted by Gasteiger charge is -2.13. The van der Waals surface area contributed by atoms with Gasteiger partial charge in [-0.05, 0) is 41.0 Å². The molecule has 5 aromatic carbocycles. The van der Waals surface area contributed by atoms with Crippen LogP contribution in [-0.2, 0) is 13.0 Å². The Bertz CT molecular complexity index is 2190. The summed E-state index contributed by atoms with van der Waals surface area (Å²) in [6.45, 7) is 2.68. The van der Waals surface area contributed by atoms with E-state index in [0.717, 1.165) is 17.9 Å². The highest BCUT2D eigenvalue weighted by Crippen LogP contribution is 2.47. The topological polar surface area (TPSA) is 30.7 Å². The molecule has 3 heterocycles. The summed E-state index contributed by atoms with van der Waals surface area (Å²) in [7, 11) is 0. The minimum Gasteiger partial charge on any atom is -0.333 e. The Morgan fingerprint density at radius 3 is 2.18 bits per heavy atom. The van der Waals surface area contributed by atoms with Crippen LogP contribution in [0.1, 0.15) is 22.6 Å². The zero-order valence-corrected chi connectivity index (χ0v) is 22.4. The predicted molar refractivity (Wildman–Crippen MR) is 165 cm³/mol.